The van der Waals surface area contributed by atoms with Gasteiger partial charge < -0.3 is 9.47 Å². The Morgan fingerprint density at radius 2 is 1.00 bits per heavy atom. The first-order valence-electron chi connectivity index (χ1n) is 10.1. The summed E-state index contributed by atoms with van der Waals surface area (Å²) in [5.41, 5.74) is 4.13. The standard InChI is InChI=1S/C24H30O4/c1-3-5-7-23(25)27-17-19-9-13-21(14-10-19)22-15-11-20(12-16-22)18-28-24(26)8-6-4-2/h9-16H,3-8,17-18H2,1-2H3. The summed E-state index contributed by atoms with van der Waals surface area (Å²) >= 11 is 0. The fraction of sp³-hybridized carbons (Fsp3) is 0.417. The lowest BCUT2D eigenvalue weighted by molar-refractivity contribution is -0.146. The molecule has 0 radical (unpaired) electrons. The molecule has 0 spiro atoms. The number of hydrogen-bond donors (Lipinski definition) is 0. The Kier molecular flexibility index (Phi) is 9.26. The first-order chi connectivity index (χ1) is 13.6. The second-order valence-corrected chi connectivity index (χ2v) is 6.92. The molecule has 0 unspecified atom stereocenters. The summed E-state index contributed by atoms with van der Waals surface area (Å²) in [7, 11) is 0. The molecule has 2 aromatic carbocycles. The Balaban J connectivity index is 1.84. The van der Waals surface area contributed by atoms with Gasteiger partial charge in [-0.25, -0.2) is 0 Å². The average Bonchev–Trinajstić information content (AvgIpc) is 2.74. The summed E-state index contributed by atoms with van der Waals surface area (Å²) in [5, 5.41) is 0. The molecule has 0 saturated heterocycles. The van der Waals surface area contributed by atoms with Crippen molar-refractivity contribution in [3.63, 3.8) is 0 Å². The Bertz CT molecular complexity index is 667. The zero-order valence-electron chi connectivity index (χ0n) is 16.9. The zero-order chi connectivity index (χ0) is 20.2. The SMILES string of the molecule is CCCCC(=O)OCc1ccc(-c2ccc(COC(=O)CCCC)cc2)cc1. The highest BCUT2D eigenvalue weighted by atomic mass is 16.5. The summed E-state index contributed by atoms with van der Waals surface area (Å²) in [5.74, 6) is -0.284. The van der Waals surface area contributed by atoms with Gasteiger partial charge in [-0.15, -0.1) is 0 Å². The third-order valence-electron chi connectivity index (χ3n) is 4.51. The monoisotopic (exact) mass is 382 g/mol. The summed E-state index contributed by atoms with van der Waals surface area (Å²) in [6, 6.07) is 16.0. The van der Waals surface area contributed by atoms with Gasteiger partial charge >= 0.3 is 11.9 Å². The minimum Gasteiger partial charge on any atom is -0.461 e. The number of rotatable bonds is 11. The summed E-state index contributed by atoms with van der Waals surface area (Å²) < 4.78 is 10.6. The molecular formula is C24H30O4. The Hall–Kier alpha value is -2.62. The van der Waals surface area contributed by atoms with E-state index >= 15 is 0 Å². The third-order valence-corrected chi connectivity index (χ3v) is 4.51. The van der Waals surface area contributed by atoms with Gasteiger partial charge in [-0.05, 0) is 35.1 Å². The van der Waals surface area contributed by atoms with Crippen molar-refractivity contribution in [3.8, 4) is 11.1 Å². The molecule has 0 atom stereocenters. The van der Waals surface area contributed by atoms with E-state index in [2.05, 4.69) is 13.8 Å². The number of carbonyl (C=O) groups excluding carboxylic acids is 2. The first kappa shape index (κ1) is 21.7. The molecule has 0 fully saturated rings. The van der Waals surface area contributed by atoms with Crippen LogP contribution < -0.4 is 0 Å². The fourth-order valence-corrected chi connectivity index (χ4v) is 2.70. The number of unbranched alkanes of at least 4 members (excludes halogenated alkanes) is 2. The highest BCUT2D eigenvalue weighted by Gasteiger charge is 2.05. The number of hydrogen-bond acceptors (Lipinski definition) is 4. The predicted octanol–water partition coefficient (Wildman–Crippen LogP) is 5.82. The van der Waals surface area contributed by atoms with Gasteiger partial charge in [0.25, 0.3) is 0 Å². The fourth-order valence-electron chi connectivity index (χ4n) is 2.70. The van der Waals surface area contributed by atoms with Gasteiger partial charge in [0.05, 0.1) is 0 Å². The quantitative estimate of drug-likeness (QED) is 0.460. The molecule has 150 valence electrons. The Labute approximate surface area is 167 Å². The maximum atomic E-state index is 11.6. The average molecular weight is 383 g/mol. The highest BCUT2D eigenvalue weighted by Crippen LogP contribution is 2.21. The van der Waals surface area contributed by atoms with E-state index in [0.29, 0.717) is 26.1 Å². The van der Waals surface area contributed by atoms with E-state index in [9.17, 15) is 9.59 Å². The lowest BCUT2D eigenvalue weighted by atomic mass is 10.0. The van der Waals surface area contributed by atoms with Crippen molar-refractivity contribution in [2.45, 2.75) is 65.6 Å². The van der Waals surface area contributed by atoms with Gasteiger partial charge in [0.1, 0.15) is 13.2 Å². The largest absolute Gasteiger partial charge is 0.461 e. The minimum absolute atomic E-state index is 0.142. The van der Waals surface area contributed by atoms with Crippen molar-refractivity contribution in [1.82, 2.24) is 0 Å². The topological polar surface area (TPSA) is 52.6 Å². The van der Waals surface area contributed by atoms with E-state index in [4.69, 9.17) is 9.47 Å². The van der Waals surface area contributed by atoms with Crippen LogP contribution in [0.3, 0.4) is 0 Å². The van der Waals surface area contributed by atoms with E-state index in [1.807, 2.05) is 48.5 Å². The van der Waals surface area contributed by atoms with Gasteiger partial charge in [0.15, 0.2) is 0 Å². The van der Waals surface area contributed by atoms with Gasteiger partial charge in [0, 0.05) is 12.8 Å². The number of esters is 2. The minimum atomic E-state index is -0.142. The molecule has 0 aliphatic heterocycles. The molecule has 28 heavy (non-hydrogen) atoms. The second kappa shape index (κ2) is 12.0. The molecule has 0 N–H and O–H groups in total. The van der Waals surface area contributed by atoms with Gasteiger partial charge in [-0.1, -0.05) is 75.2 Å². The molecule has 4 nitrogen and oxygen atoms in total. The maximum Gasteiger partial charge on any atom is 0.306 e. The molecule has 0 amide bonds. The van der Waals surface area contributed by atoms with Crippen molar-refractivity contribution >= 4 is 11.9 Å². The normalized spacial score (nSPS) is 10.5. The highest BCUT2D eigenvalue weighted by molar-refractivity contribution is 5.70. The molecule has 0 bridgehead atoms. The van der Waals surface area contributed by atoms with E-state index in [1.165, 1.54) is 0 Å². The third kappa shape index (κ3) is 7.55. The predicted molar refractivity (Wildman–Crippen MR) is 111 cm³/mol. The Morgan fingerprint density at radius 1 is 0.643 bits per heavy atom. The lowest BCUT2D eigenvalue weighted by Gasteiger charge is -2.08. The van der Waals surface area contributed by atoms with Gasteiger partial charge in [0.2, 0.25) is 0 Å². The molecule has 2 aromatic rings. The van der Waals surface area contributed by atoms with E-state index in [-0.39, 0.29) is 11.9 Å². The molecule has 0 saturated carbocycles. The van der Waals surface area contributed by atoms with Crippen LogP contribution in [-0.4, -0.2) is 11.9 Å². The van der Waals surface area contributed by atoms with E-state index < -0.39 is 0 Å². The van der Waals surface area contributed by atoms with E-state index in [0.717, 1.165) is 47.9 Å². The number of carbonyl (C=O) groups is 2. The van der Waals surface area contributed by atoms with Crippen LogP contribution in [-0.2, 0) is 32.3 Å². The van der Waals surface area contributed by atoms with Crippen molar-refractivity contribution in [2.75, 3.05) is 0 Å². The first-order valence-corrected chi connectivity index (χ1v) is 10.1. The van der Waals surface area contributed by atoms with Crippen LogP contribution >= 0.6 is 0 Å². The van der Waals surface area contributed by atoms with Crippen LogP contribution in [0.15, 0.2) is 48.5 Å². The molecule has 4 heteroatoms. The summed E-state index contributed by atoms with van der Waals surface area (Å²) in [6.45, 7) is 4.73. The number of ether oxygens (including phenoxy) is 2. The van der Waals surface area contributed by atoms with Crippen molar-refractivity contribution in [3.05, 3.63) is 59.7 Å². The second-order valence-electron chi connectivity index (χ2n) is 6.92. The summed E-state index contributed by atoms with van der Waals surface area (Å²) in [6.07, 6.45) is 4.68. The zero-order valence-corrected chi connectivity index (χ0v) is 16.9. The van der Waals surface area contributed by atoms with E-state index in [1.54, 1.807) is 0 Å². The van der Waals surface area contributed by atoms with Crippen LogP contribution in [0, 0.1) is 0 Å². The molecule has 0 aromatic heterocycles. The van der Waals surface area contributed by atoms with Crippen molar-refractivity contribution < 1.29 is 19.1 Å². The van der Waals surface area contributed by atoms with Crippen LogP contribution in [0.2, 0.25) is 0 Å². The van der Waals surface area contributed by atoms with Crippen LogP contribution in [0.1, 0.15) is 63.5 Å². The van der Waals surface area contributed by atoms with Crippen LogP contribution in [0.25, 0.3) is 11.1 Å². The van der Waals surface area contributed by atoms with Crippen molar-refractivity contribution in [2.24, 2.45) is 0 Å². The molecule has 0 aliphatic rings. The van der Waals surface area contributed by atoms with Crippen LogP contribution in [0.4, 0.5) is 0 Å². The van der Waals surface area contributed by atoms with Crippen molar-refractivity contribution in [1.29, 1.82) is 0 Å². The van der Waals surface area contributed by atoms with Gasteiger partial charge in [-0.3, -0.25) is 9.59 Å². The maximum absolute atomic E-state index is 11.6. The number of benzene rings is 2. The molecule has 2 rings (SSSR count). The van der Waals surface area contributed by atoms with Crippen LogP contribution in [0.5, 0.6) is 0 Å². The lowest BCUT2D eigenvalue weighted by Crippen LogP contribution is -2.04. The molecule has 0 aliphatic carbocycles. The molecule has 0 heterocycles. The summed E-state index contributed by atoms with van der Waals surface area (Å²) in [4.78, 5) is 23.2. The van der Waals surface area contributed by atoms with Gasteiger partial charge in [-0.2, -0.15) is 0 Å². The molecular weight excluding hydrogens is 352 g/mol. The Morgan fingerprint density at radius 3 is 1.32 bits per heavy atom. The smallest absolute Gasteiger partial charge is 0.306 e.